The van der Waals surface area contributed by atoms with E-state index in [0.717, 1.165) is 37.8 Å². The van der Waals surface area contributed by atoms with E-state index in [0.29, 0.717) is 38.6 Å². The number of aldehydes is 1. The lowest BCUT2D eigenvalue weighted by Crippen LogP contribution is -2.66. The van der Waals surface area contributed by atoms with Crippen molar-refractivity contribution in [3.8, 4) is 0 Å². The fourth-order valence-corrected chi connectivity index (χ4v) is 3.96. The number of nitrogens with one attached hydrogen (secondary N) is 3. The van der Waals surface area contributed by atoms with E-state index in [1.807, 2.05) is 44.2 Å². The molecule has 0 radical (unpaired) electrons. The van der Waals surface area contributed by atoms with Crippen molar-refractivity contribution in [2.24, 2.45) is 11.5 Å². The number of benzene rings is 1. The molecule has 1 fully saturated rings. The molecule has 1 heterocycles. The van der Waals surface area contributed by atoms with Crippen LogP contribution in [0, 0.1) is 5.41 Å². The molecular formula is C27H47ClN6O5. The van der Waals surface area contributed by atoms with Crippen molar-refractivity contribution in [1.29, 1.82) is 5.41 Å². The topological polar surface area (TPSA) is 195 Å². The zero-order chi connectivity index (χ0) is 29.7. The first-order chi connectivity index (χ1) is 18.6. The van der Waals surface area contributed by atoms with Crippen LogP contribution in [0.15, 0.2) is 30.3 Å². The van der Waals surface area contributed by atoms with Crippen molar-refractivity contribution in [1.82, 2.24) is 15.5 Å². The summed E-state index contributed by atoms with van der Waals surface area (Å²) in [6, 6.07) is 9.34. The molecule has 222 valence electrons. The van der Waals surface area contributed by atoms with Crippen LogP contribution in [-0.2, 0) is 14.4 Å². The van der Waals surface area contributed by atoms with Gasteiger partial charge >= 0.3 is 5.97 Å². The Kier molecular flexibility index (Phi) is 19.7. The Morgan fingerprint density at radius 2 is 1.92 bits per heavy atom. The Hall–Kier alpha value is -2.73. The smallest absolute Gasteiger partial charge is 0.344 e. The monoisotopic (exact) mass is 570 g/mol. The van der Waals surface area contributed by atoms with Gasteiger partial charge in [-0.3, -0.25) is 15.9 Å². The summed E-state index contributed by atoms with van der Waals surface area (Å²) in [7, 11) is 0. The number of carboxylic acid groups (broad SMARTS) is 1. The number of aliphatic carboxylic acids is 1. The number of unbranched alkanes of at least 4 members (excludes halogenated alkanes) is 2. The van der Waals surface area contributed by atoms with Crippen molar-refractivity contribution in [3.63, 3.8) is 0 Å². The van der Waals surface area contributed by atoms with E-state index in [2.05, 4.69) is 10.6 Å². The molecule has 0 aromatic heterocycles. The summed E-state index contributed by atoms with van der Waals surface area (Å²) in [5, 5.41) is 32.0. The van der Waals surface area contributed by atoms with Crippen LogP contribution in [0.5, 0.6) is 0 Å². The van der Waals surface area contributed by atoms with Gasteiger partial charge in [-0.15, -0.1) is 11.6 Å². The SMILES string of the molecule is CCC(O)c1ccccc1.CCCCCN(C(=O)C1CCCN1)C(N)(CCCNC(=N)N)C(=O)O.O=CCCl. The van der Waals surface area contributed by atoms with E-state index in [4.69, 9.17) is 33.3 Å². The molecule has 1 amide bonds. The molecular weight excluding hydrogens is 524 g/mol. The number of amides is 1. The van der Waals surface area contributed by atoms with E-state index in [1.165, 1.54) is 4.90 Å². The molecule has 3 atom stereocenters. The Morgan fingerprint density at radius 1 is 1.28 bits per heavy atom. The number of hydrogen-bond donors (Lipinski definition) is 7. The maximum absolute atomic E-state index is 12.9. The average Bonchev–Trinajstić information content (AvgIpc) is 3.48. The summed E-state index contributed by atoms with van der Waals surface area (Å²) >= 11 is 4.82. The molecule has 12 heteroatoms. The van der Waals surface area contributed by atoms with Gasteiger partial charge in [-0.05, 0) is 50.6 Å². The molecule has 11 nitrogen and oxygen atoms in total. The van der Waals surface area contributed by atoms with Gasteiger partial charge in [-0.25, -0.2) is 4.79 Å². The largest absolute Gasteiger partial charge is 0.478 e. The van der Waals surface area contributed by atoms with Crippen molar-refractivity contribution in [2.45, 2.75) is 83.0 Å². The number of rotatable bonds is 14. The van der Waals surface area contributed by atoms with Crippen LogP contribution in [0.4, 0.5) is 0 Å². The van der Waals surface area contributed by atoms with Crippen LogP contribution in [-0.4, -0.2) is 76.5 Å². The Balaban J connectivity index is 0.000000842. The van der Waals surface area contributed by atoms with Crippen LogP contribution >= 0.6 is 11.6 Å². The number of nitrogens with zero attached hydrogens (tertiary/aromatic N) is 1. The minimum absolute atomic E-state index is 0.0905. The predicted octanol–water partition coefficient (Wildman–Crippen LogP) is 2.31. The van der Waals surface area contributed by atoms with Crippen LogP contribution in [0.1, 0.15) is 76.9 Å². The quantitative estimate of drug-likeness (QED) is 0.0438. The third-order valence-corrected chi connectivity index (χ3v) is 6.27. The summed E-state index contributed by atoms with van der Waals surface area (Å²) in [6.45, 7) is 5.43. The molecule has 39 heavy (non-hydrogen) atoms. The van der Waals surface area contributed by atoms with Gasteiger partial charge in [-0.2, -0.15) is 0 Å². The molecule has 1 aromatic rings. The zero-order valence-electron chi connectivity index (χ0n) is 23.2. The minimum atomic E-state index is -1.76. The summed E-state index contributed by atoms with van der Waals surface area (Å²) in [6.07, 6.45) is 5.79. The van der Waals surface area contributed by atoms with Gasteiger partial charge in [0.05, 0.1) is 18.0 Å². The minimum Gasteiger partial charge on any atom is -0.478 e. The standard InChI is InChI=1S/C16H32N6O3.C9H12O.C2H3ClO/c1-2-3-4-11-22(13(23)12-7-5-9-20-12)16(19,14(24)25)8-6-10-21-15(17)18;1-2-9(10)8-6-4-3-5-7-8;3-1-2-4/h12,20H,2-11,19H2,1H3,(H,24,25)(H4,17,18,21);3-7,9-10H,2H2,1H3;2H,1H2. The number of hydrogen-bond acceptors (Lipinski definition) is 7. The molecule has 0 spiro atoms. The van der Waals surface area contributed by atoms with Crippen LogP contribution in [0.25, 0.3) is 0 Å². The lowest BCUT2D eigenvalue weighted by molar-refractivity contribution is -0.160. The van der Waals surface area contributed by atoms with Gasteiger partial charge in [0.1, 0.15) is 6.29 Å². The Bertz CT molecular complexity index is 841. The number of carbonyl (C=O) groups is 3. The number of aliphatic hydroxyl groups excluding tert-OH is 1. The number of halogens is 1. The van der Waals surface area contributed by atoms with Gasteiger partial charge in [-0.1, -0.05) is 57.0 Å². The first kappa shape index (κ1) is 36.3. The summed E-state index contributed by atoms with van der Waals surface area (Å²) in [5.74, 6) is -1.51. The molecule has 0 aliphatic carbocycles. The maximum Gasteiger partial charge on any atom is 0.344 e. The van der Waals surface area contributed by atoms with E-state index in [-0.39, 0.29) is 36.3 Å². The molecule has 1 aliphatic rings. The predicted molar refractivity (Wildman–Crippen MR) is 154 cm³/mol. The lowest BCUT2D eigenvalue weighted by atomic mass is 9.99. The van der Waals surface area contributed by atoms with E-state index < -0.39 is 11.6 Å². The number of carbonyl (C=O) groups excluding carboxylic acids is 2. The Labute approximate surface area is 237 Å². The van der Waals surface area contributed by atoms with Crippen LogP contribution in [0.3, 0.4) is 0 Å². The highest BCUT2D eigenvalue weighted by Gasteiger charge is 2.44. The third kappa shape index (κ3) is 14.3. The highest BCUT2D eigenvalue weighted by Crippen LogP contribution is 2.21. The molecule has 9 N–H and O–H groups in total. The van der Waals surface area contributed by atoms with Crippen molar-refractivity contribution >= 4 is 35.7 Å². The number of guanidine groups is 1. The fourth-order valence-electron chi connectivity index (χ4n) is 3.96. The van der Waals surface area contributed by atoms with Crippen molar-refractivity contribution < 1.29 is 24.6 Å². The number of nitrogens with two attached hydrogens (primary N) is 2. The summed E-state index contributed by atoms with van der Waals surface area (Å²) in [4.78, 5) is 35.2. The van der Waals surface area contributed by atoms with Gasteiger partial charge in [0.2, 0.25) is 5.91 Å². The molecule has 2 rings (SSSR count). The van der Waals surface area contributed by atoms with Gasteiger partial charge in [0.15, 0.2) is 11.6 Å². The molecule has 3 unspecified atom stereocenters. The lowest BCUT2D eigenvalue weighted by Gasteiger charge is -2.39. The maximum atomic E-state index is 12.9. The second kappa shape index (κ2) is 21.1. The number of carboxylic acids is 1. The fraction of sp³-hybridized carbons (Fsp3) is 0.630. The van der Waals surface area contributed by atoms with Crippen LogP contribution < -0.4 is 22.1 Å². The second-order valence-electron chi connectivity index (χ2n) is 9.18. The van der Waals surface area contributed by atoms with Crippen molar-refractivity contribution in [3.05, 3.63) is 35.9 Å². The third-order valence-electron chi connectivity index (χ3n) is 6.15. The van der Waals surface area contributed by atoms with Gasteiger partial charge in [0.25, 0.3) is 0 Å². The summed E-state index contributed by atoms with van der Waals surface area (Å²) in [5.41, 5.74) is 10.7. The molecule has 1 aromatic carbocycles. The van der Waals surface area contributed by atoms with E-state index in [9.17, 15) is 19.8 Å². The van der Waals surface area contributed by atoms with Gasteiger partial charge in [0, 0.05) is 13.1 Å². The second-order valence-corrected chi connectivity index (χ2v) is 9.48. The Morgan fingerprint density at radius 3 is 2.38 bits per heavy atom. The number of alkyl halides is 1. The molecule has 1 aliphatic heterocycles. The van der Waals surface area contributed by atoms with E-state index >= 15 is 0 Å². The van der Waals surface area contributed by atoms with Gasteiger partial charge < -0.3 is 36.3 Å². The van der Waals surface area contributed by atoms with E-state index in [1.54, 1.807) is 0 Å². The molecule has 0 saturated carbocycles. The highest BCUT2D eigenvalue weighted by atomic mass is 35.5. The highest BCUT2D eigenvalue weighted by molar-refractivity contribution is 6.24. The summed E-state index contributed by atoms with van der Waals surface area (Å²) < 4.78 is 0. The average molecular weight is 571 g/mol. The first-order valence-electron chi connectivity index (χ1n) is 13.5. The van der Waals surface area contributed by atoms with Crippen LogP contribution in [0.2, 0.25) is 0 Å². The first-order valence-corrected chi connectivity index (χ1v) is 14.0. The molecule has 1 saturated heterocycles. The number of aliphatic hydroxyl groups is 1. The zero-order valence-corrected chi connectivity index (χ0v) is 24.0. The van der Waals surface area contributed by atoms with Crippen molar-refractivity contribution in [2.75, 3.05) is 25.5 Å². The normalized spacial score (nSPS) is 16.3. The molecule has 0 bridgehead atoms.